The molecule has 1 fully saturated rings. The fourth-order valence-electron chi connectivity index (χ4n) is 3.40. The summed E-state index contributed by atoms with van der Waals surface area (Å²) in [4.78, 5) is 14.0. The number of nitrogens with one attached hydrogen (secondary N) is 1. The van der Waals surface area contributed by atoms with E-state index in [4.69, 9.17) is 4.74 Å². The van der Waals surface area contributed by atoms with Gasteiger partial charge < -0.3 is 15.0 Å². The lowest BCUT2D eigenvalue weighted by Crippen LogP contribution is -2.42. The van der Waals surface area contributed by atoms with Crippen LogP contribution in [-0.4, -0.2) is 32.0 Å². The van der Waals surface area contributed by atoms with Crippen molar-refractivity contribution in [3.63, 3.8) is 0 Å². The molecular weight excluding hydrogens is 326 g/mol. The molecule has 1 atom stereocenters. The van der Waals surface area contributed by atoms with Crippen molar-refractivity contribution in [2.45, 2.75) is 25.8 Å². The maximum Gasteiger partial charge on any atom is 0.159 e. The predicted octanol–water partition coefficient (Wildman–Crippen LogP) is 3.85. The lowest BCUT2D eigenvalue weighted by atomic mass is 10.0. The number of Topliss-reactive ketones (excluding diaryl/α,β-unsaturated/α-hetero) is 1. The second kappa shape index (κ2) is 7.92. The molecule has 0 radical (unpaired) electrons. The number of hydrogen-bond donors (Lipinski definition) is 1. The van der Waals surface area contributed by atoms with Gasteiger partial charge in [-0.2, -0.15) is 5.26 Å². The highest BCUT2D eigenvalue weighted by Gasteiger charge is 2.23. The molecule has 1 N–H and O–H groups in total. The lowest BCUT2D eigenvalue weighted by Gasteiger charge is -2.36. The first-order valence-electron chi connectivity index (χ1n) is 8.82. The Bertz CT molecular complexity index is 841. The molecule has 0 spiro atoms. The maximum absolute atomic E-state index is 11.7. The second-order valence-corrected chi connectivity index (χ2v) is 6.53. The third kappa shape index (κ3) is 3.80. The Morgan fingerprint density at radius 2 is 2.12 bits per heavy atom. The molecule has 26 heavy (non-hydrogen) atoms. The van der Waals surface area contributed by atoms with Crippen LogP contribution in [0.15, 0.2) is 42.5 Å². The first-order valence-corrected chi connectivity index (χ1v) is 8.82. The Hall–Kier alpha value is -3.00. The minimum Gasteiger partial charge on any atom is -0.495 e. The van der Waals surface area contributed by atoms with Crippen molar-refractivity contribution in [1.82, 2.24) is 0 Å². The molecule has 5 nitrogen and oxygen atoms in total. The molecule has 2 aromatic rings. The number of para-hydroxylation sites is 2. The fraction of sp³-hybridized carbons (Fsp3) is 0.333. The normalized spacial score (nSPS) is 16.7. The summed E-state index contributed by atoms with van der Waals surface area (Å²) < 4.78 is 5.49. The van der Waals surface area contributed by atoms with Gasteiger partial charge in [-0.1, -0.05) is 12.1 Å². The van der Waals surface area contributed by atoms with Crippen LogP contribution < -0.4 is 15.0 Å². The Kier molecular flexibility index (Phi) is 5.43. The highest BCUT2D eigenvalue weighted by Crippen LogP contribution is 2.31. The van der Waals surface area contributed by atoms with E-state index in [1.807, 2.05) is 18.2 Å². The van der Waals surface area contributed by atoms with Gasteiger partial charge in [0, 0.05) is 24.7 Å². The zero-order chi connectivity index (χ0) is 18.5. The van der Waals surface area contributed by atoms with Crippen molar-refractivity contribution in [3.8, 4) is 11.8 Å². The first-order chi connectivity index (χ1) is 12.6. The quantitative estimate of drug-likeness (QED) is 0.831. The topological polar surface area (TPSA) is 65.4 Å². The van der Waals surface area contributed by atoms with Crippen molar-refractivity contribution in [2.24, 2.45) is 0 Å². The van der Waals surface area contributed by atoms with Gasteiger partial charge in [0.2, 0.25) is 0 Å². The molecule has 0 bridgehead atoms. The number of carbonyl (C=O) groups excluding carboxylic acids is 1. The summed E-state index contributed by atoms with van der Waals surface area (Å²) in [6.45, 7) is 3.32. The number of benzene rings is 2. The Morgan fingerprint density at radius 3 is 2.85 bits per heavy atom. The average molecular weight is 349 g/mol. The minimum atomic E-state index is -0.00293. The van der Waals surface area contributed by atoms with Gasteiger partial charge in [0.15, 0.2) is 5.78 Å². The number of ketones is 1. The zero-order valence-electron chi connectivity index (χ0n) is 15.2. The van der Waals surface area contributed by atoms with Crippen LogP contribution in [0.5, 0.6) is 5.75 Å². The second-order valence-electron chi connectivity index (χ2n) is 6.53. The van der Waals surface area contributed by atoms with E-state index in [0.29, 0.717) is 11.1 Å². The van der Waals surface area contributed by atoms with Gasteiger partial charge in [-0.3, -0.25) is 4.79 Å². The molecule has 1 aliphatic rings. The van der Waals surface area contributed by atoms with Crippen molar-refractivity contribution < 1.29 is 9.53 Å². The standard InChI is InChI=1S/C21H23N3O2/c1-15(25)16-9-10-17(13-22)19(12-16)23-18-6-5-11-24(14-18)20-7-3-4-8-21(20)26-2/h3-4,7-10,12,18,23H,5-6,11,14H2,1-2H3. The molecule has 2 aromatic carbocycles. The van der Waals surface area contributed by atoms with Crippen LogP contribution in [0.3, 0.4) is 0 Å². The molecule has 0 amide bonds. The predicted molar refractivity (Wildman–Crippen MR) is 103 cm³/mol. The Balaban J connectivity index is 1.80. The summed E-state index contributed by atoms with van der Waals surface area (Å²) >= 11 is 0. The summed E-state index contributed by atoms with van der Waals surface area (Å²) in [6.07, 6.45) is 2.06. The molecule has 5 heteroatoms. The molecule has 0 aromatic heterocycles. The minimum absolute atomic E-state index is 0.00293. The Labute approximate surface area is 154 Å². The van der Waals surface area contributed by atoms with Crippen molar-refractivity contribution in [3.05, 3.63) is 53.6 Å². The molecule has 1 saturated heterocycles. The monoisotopic (exact) mass is 349 g/mol. The van der Waals surface area contributed by atoms with E-state index in [9.17, 15) is 10.1 Å². The van der Waals surface area contributed by atoms with Gasteiger partial charge in [-0.15, -0.1) is 0 Å². The van der Waals surface area contributed by atoms with E-state index >= 15 is 0 Å². The van der Waals surface area contributed by atoms with E-state index in [-0.39, 0.29) is 11.8 Å². The van der Waals surface area contributed by atoms with Gasteiger partial charge >= 0.3 is 0 Å². The summed E-state index contributed by atoms with van der Waals surface area (Å²) in [6, 6.07) is 15.6. The number of nitrogens with zero attached hydrogens (tertiary/aromatic N) is 2. The number of methoxy groups -OCH3 is 1. The molecule has 134 valence electrons. The highest BCUT2D eigenvalue weighted by molar-refractivity contribution is 5.95. The summed E-state index contributed by atoms with van der Waals surface area (Å²) in [5.74, 6) is 0.862. The van der Waals surface area contributed by atoms with Gasteiger partial charge in [0.05, 0.1) is 24.0 Å². The number of ether oxygens (including phenoxy) is 1. The average Bonchev–Trinajstić information content (AvgIpc) is 2.68. The van der Waals surface area contributed by atoms with Crippen molar-refractivity contribution >= 4 is 17.2 Å². The number of rotatable bonds is 5. The highest BCUT2D eigenvalue weighted by atomic mass is 16.5. The third-order valence-electron chi connectivity index (χ3n) is 4.75. The molecule has 1 unspecified atom stereocenters. The smallest absolute Gasteiger partial charge is 0.159 e. The number of nitriles is 1. The maximum atomic E-state index is 11.7. The van der Waals surface area contributed by atoms with Crippen LogP contribution in [0.1, 0.15) is 35.7 Å². The van der Waals surface area contributed by atoms with Gasteiger partial charge in [0.25, 0.3) is 0 Å². The third-order valence-corrected chi connectivity index (χ3v) is 4.75. The molecular formula is C21H23N3O2. The van der Waals surface area contributed by atoms with Crippen molar-refractivity contribution in [2.75, 3.05) is 30.4 Å². The van der Waals surface area contributed by atoms with Crippen LogP contribution in [-0.2, 0) is 0 Å². The van der Waals surface area contributed by atoms with E-state index in [2.05, 4.69) is 22.4 Å². The zero-order valence-corrected chi connectivity index (χ0v) is 15.2. The van der Waals surface area contributed by atoms with Crippen LogP contribution >= 0.6 is 0 Å². The molecule has 1 aliphatic heterocycles. The molecule has 0 aliphatic carbocycles. The van der Waals surface area contributed by atoms with E-state index < -0.39 is 0 Å². The van der Waals surface area contributed by atoms with Crippen LogP contribution in [0, 0.1) is 11.3 Å². The first kappa shape index (κ1) is 17.8. The summed E-state index contributed by atoms with van der Waals surface area (Å²) in [7, 11) is 1.69. The van der Waals surface area contributed by atoms with Crippen LogP contribution in [0.25, 0.3) is 0 Å². The SMILES string of the molecule is COc1ccccc1N1CCCC(Nc2cc(C(C)=O)ccc2C#N)C1. The summed E-state index contributed by atoms with van der Waals surface area (Å²) in [5, 5.41) is 12.8. The van der Waals surface area contributed by atoms with Crippen molar-refractivity contribution in [1.29, 1.82) is 5.26 Å². The largest absolute Gasteiger partial charge is 0.495 e. The van der Waals surface area contributed by atoms with Gasteiger partial charge in [-0.25, -0.2) is 0 Å². The van der Waals surface area contributed by atoms with E-state index in [1.54, 1.807) is 25.3 Å². The van der Waals surface area contributed by atoms with E-state index in [1.165, 1.54) is 6.92 Å². The lowest BCUT2D eigenvalue weighted by molar-refractivity contribution is 0.101. The summed E-state index contributed by atoms with van der Waals surface area (Å²) in [5.41, 5.74) is 2.99. The van der Waals surface area contributed by atoms with Gasteiger partial charge in [0.1, 0.15) is 11.8 Å². The number of hydrogen-bond acceptors (Lipinski definition) is 5. The van der Waals surface area contributed by atoms with E-state index in [0.717, 1.165) is 43.1 Å². The number of piperidine rings is 1. The Morgan fingerprint density at radius 1 is 1.31 bits per heavy atom. The van der Waals surface area contributed by atoms with Crippen LogP contribution in [0.2, 0.25) is 0 Å². The number of anilines is 2. The van der Waals surface area contributed by atoms with Crippen LogP contribution in [0.4, 0.5) is 11.4 Å². The van der Waals surface area contributed by atoms with Gasteiger partial charge in [-0.05, 0) is 50.1 Å². The molecule has 3 rings (SSSR count). The fourth-order valence-corrected chi connectivity index (χ4v) is 3.40. The molecule has 1 heterocycles. The molecule has 0 saturated carbocycles. The number of carbonyl (C=O) groups is 1.